The lowest BCUT2D eigenvalue weighted by molar-refractivity contribution is -0.305. The Hall–Kier alpha value is -2.38. The summed E-state index contributed by atoms with van der Waals surface area (Å²) in [6.45, 7) is 5.72. The van der Waals surface area contributed by atoms with Gasteiger partial charge in [0.2, 0.25) is 5.91 Å². The number of aliphatic hydroxyl groups excluding tert-OH is 5. The van der Waals surface area contributed by atoms with E-state index in [2.05, 4.69) is 62.5 Å². The topological polar surface area (TPSA) is 175 Å². The molecule has 0 saturated carbocycles. The van der Waals surface area contributed by atoms with Gasteiger partial charge in [-0.1, -0.05) is 204 Å². The Morgan fingerprint density at radius 3 is 1.52 bits per heavy atom. The minimum atomic E-state index is -1.62. The molecule has 1 aliphatic rings. The summed E-state index contributed by atoms with van der Waals surface area (Å²) in [7, 11) is 0. The second kappa shape index (κ2) is 46.7. The number of aliphatic hydroxyl groups is 5. The van der Waals surface area contributed by atoms with E-state index in [1.807, 2.05) is 6.08 Å². The highest BCUT2D eigenvalue weighted by molar-refractivity contribution is 5.80. The van der Waals surface area contributed by atoms with Crippen molar-refractivity contribution in [2.45, 2.75) is 294 Å². The van der Waals surface area contributed by atoms with Crippen molar-refractivity contribution in [3.05, 3.63) is 48.6 Å². The van der Waals surface area contributed by atoms with Gasteiger partial charge in [-0.25, -0.2) is 0 Å². The Kier molecular flexibility index (Phi) is 43.7. The number of esters is 1. The van der Waals surface area contributed by atoms with E-state index in [1.54, 1.807) is 6.08 Å². The van der Waals surface area contributed by atoms with E-state index in [0.717, 1.165) is 89.9 Å². The van der Waals surface area contributed by atoms with E-state index in [4.69, 9.17) is 14.2 Å². The lowest BCUT2D eigenvalue weighted by Crippen LogP contribution is -2.61. The Labute approximate surface area is 421 Å². The number of hydrogen-bond acceptors (Lipinski definition) is 10. The van der Waals surface area contributed by atoms with Crippen LogP contribution >= 0.6 is 0 Å². The Balaban J connectivity index is 2.75. The van der Waals surface area contributed by atoms with Crippen LogP contribution in [0.5, 0.6) is 0 Å². The molecule has 0 aromatic heterocycles. The van der Waals surface area contributed by atoms with Crippen LogP contribution in [0.3, 0.4) is 0 Å². The van der Waals surface area contributed by atoms with Gasteiger partial charge in [0.1, 0.15) is 24.4 Å². The molecule has 69 heavy (non-hydrogen) atoms. The molecule has 1 aliphatic heterocycles. The van der Waals surface area contributed by atoms with Crippen LogP contribution in [0.2, 0.25) is 0 Å². The standard InChI is InChI=1S/C58H105NO10/c1-4-7-10-13-16-19-22-24-25-26-28-30-33-36-39-42-45-51(62)57(66)59-49(50(61)44-41-38-35-32-29-21-18-15-12-9-6-3)48-67-58-56(55(65)54(64)52(47-60)68-58)69-53(63)46-43-40-37-34-31-27-23-20-17-14-11-8-5-2/h16,19,24-25,27,31,41,44,49-52,54-56,58,60-62,64-65H,4-15,17-18,20-23,26,28-30,32-40,42-43,45-48H2,1-3H3,(H,59,66)/b19-16-,25-24-,31-27-,44-41+. The first kappa shape index (κ1) is 64.6. The summed E-state index contributed by atoms with van der Waals surface area (Å²) in [6, 6.07) is -1.03. The van der Waals surface area contributed by atoms with Crippen LogP contribution in [0.1, 0.15) is 245 Å². The predicted molar refractivity (Wildman–Crippen MR) is 283 cm³/mol. The molecule has 0 radical (unpaired) electrons. The Bertz CT molecular complexity index is 1300. The maximum absolute atomic E-state index is 13.4. The summed E-state index contributed by atoms with van der Waals surface area (Å²) in [5, 5.41) is 56.7. The van der Waals surface area contributed by atoms with Crippen molar-refractivity contribution < 1.29 is 49.3 Å². The van der Waals surface area contributed by atoms with Crippen LogP contribution in [-0.2, 0) is 23.8 Å². The molecule has 0 spiro atoms. The fourth-order valence-electron chi connectivity index (χ4n) is 8.62. The fraction of sp³-hybridized carbons (Fsp3) is 0.828. The van der Waals surface area contributed by atoms with Crippen molar-refractivity contribution in [1.82, 2.24) is 5.32 Å². The highest BCUT2D eigenvalue weighted by atomic mass is 16.7. The van der Waals surface area contributed by atoms with Gasteiger partial charge in [-0.2, -0.15) is 0 Å². The number of hydrogen-bond donors (Lipinski definition) is 6. The van der Waals surface area contributed by atoms with E-state index in [-0.39, 0.29) is 19.4 Å². The molecule has 0 aromatic carbocycles. The van der Waals surface area contributed by atoms with Gasteiger partial charge in [0.25, 0.3) is 0 Å². The lowest BCUT2D eigenvalue weighted by atomic mass is 9.99. The van der Waals surface area contributed by atoms with E-state index in [1.165, 1.54) is 109 Å². The highest BCUT2D eigenvalue weighted by Gasteiger charge is 2.47. The zero-order valence-electron chi connectivity index (χ0n) is 44.2. The van der Waals surface area contributed by atoms with Gasteiger partial charge in [0.05, 0.1) is 25.4 Å². The fourth-order valence-corrected chi connectivity index (χ4v) is 8.62. The highest BCUT2D eigenvalue weighted by Crippen LogP contribution is 2.26. The van der Waals surface area contributed by atoms with Gasteiger partial charge in [0, 0.05) is 6.42 Å². The van der Waals surface area contributed by atoms with Gasteiger partial charge < -0.3 is 45.1 Å². The average Bonchev–Trinajstić information content (AvgIpc) is 3.34. The molecule has 0 bridgehead atoms. The average molecular weight is 976 g/mol. The van der Waals surface area contributed by atoms with Crippen LogP contribution in [-0.4, -0.2) is 99.6 Å². The molecule has 8 atom stereocenters. The normalized spacial score (nSPS) is 20.1. The minimum Gasteiger partial charge on any atom is -0.454 e. The molecule has 11 heteroatoms. The van der Waals surface area contributed by atoms with Crippen molar-refractivity contribution >= 4 is 11.9 Å². The molecule has 8 unspecified atom stereocenters. The maximum Gasteiger partial charge on any atom is 0.306 e. The smallest absolute Gasteiger partial charge is 0.306 e. The molecule has 1 rings (SSSR count). The molecule has 402 valence electrons. The van der Waals surface area contributed by atoms with Gasteiger partial charge in [-0.3, -0.25) is 9.59 Å². The Morgan fingerprint density at radius 1 is 0.565 bits per heavy atom. The van der Waals surface area contributed by atoms with Crippen LogP contribution in [0.4, 0.5) is 0 Å². The first-order valence-electron chi connectivity index (χ1n) is 28.4. The number of unbranched alkanes of at least 4 members (excludes halogenated alkanes) is 27. The van der Waals surface area contributed by atoms with Crippen molar-refractivity contribution in [1.29, 1.82) is 0 Å². The largest absolute Gasteiger partial charge is 0.454 e. The van der Waals surface area contributed by atoms with Gasteiger partial charge in [0.15, 0.2) is 12.4 Å². The van der Waals surface area contributed by atoms with Crippen molar-refractivity contribution in [3.8, 4) is 0 Å². The van der Waals surface area contributed by atoms with E-state index in [9.17, 15) is 35.1 Å². The first-order valence-corrected chi connectivity index (χ1v) is 28.4. The van der Waals surface area contributed by atoms with Crippen LogP contribution in [0.25, 0.3) is 0 Å². The molecule has 0 aromatic rings. The second-order valence-corrected chi connectivity index (χ2v) is 19.7. The lowest BCUT2D eigenvalue weighted by Gasteiger charge is -2.41. The summed E-state index contributed by atoms with van der Waals surface area (Å²) < 4.78 is 17.5. The zero-order valence-corrected chi connectivity index (χ0v) is 44.2. The number of carbonyl (C=O) groups excluding carboxylic acids is 2. The number of carbonyl (C=O) groups is 2. The minimum absolute atomic E-state index is 0.102. The molecule has 1 amide bonds. The number of nitrogens with one attached hydrogen (secondary N) is 1. The third-order valence-electron chi connectivity index (χ3n) is 13.2. The number of amides is 1. The van der Waals surface area contributed by atoms with Crippen LogP contribution < -0.4 is 5.32 Å². The maximum atomic E-state index is 13.4. The third kappa shape index (κ3) is 35.4. The molecule has 1 heterocycles. The molecule has 11 nitrogen and oxygen atoms in total. The van der Waals surface area contributed by atoms with Gasteiger partial charge >= 0.3 is 5.97 Å². The summed E-state index contributed by atoms with van der Waals surface area (Å²) in [4.78, 5) is 26.4. The molecular formula is C58H105NO10. The zero-order chi connectivity index (χ0) is 50.4. The first-order chi connectivity index (χ1) is 33.7. The quantitative estimate of drug-likeness (QED) is 0.0196. The molecule has 0 aliphatic carbocycles. The third-order valence-corrected chi connectivity index (χ3v) is 13.2. The van der Waals surface area contributed by atoms with Crippen molar-refractivity contribution in [3.63, 3.8) is 0 Å². The predicted octanol–water partition coefficient (Wildman–Crippen LogP) is 12.5. The van der Waals surface area contributed by atoms with Gasteiger partial charge in [-0.15, -0.1) is 0 Å². The summed E-state index contributed by atoms with van der Waals surface area (Å²) >= 11 is 0. The number of rotatable bonds is 47. The van der Waals surface area contributed by atoms with Crippen molar-refractivity contribution in [2.24, 2.45) is 0 Å². The van der Waals surface area contributed by atoms with E-state index in [0.29, 0.717) is 12.8 Å². The monoisotopic (exact) mass is 976 g/mol. The Morgan fingerprint density at radius 2 is 1.00 bits per heavy atom. The molecule has 1 saturated heterocycles. The van der Waals surface area contributed by atoms with Crippen LogP contribution in [0.15, 0.2) is 48.6 Å². The van der Waals surface area contributed by atoms with Crippen LogP contribution in [0, 0.1) is 0 Å². The summed E-state index contributed by atoms with van der Waals surface area (Å²) in [6.07, 6.45) is 44.4. The molecular weight excluding hydrogens is 871 g/mol. The molecule has 1 fully saturated rings. The number of allylic oxidation sites excluding steroid dienone is 7. The SMILES string of the molecule is CCCCC/C=C\C/C=C\CCCCCCCCC(O)C(=O)NC(COC1OC(CO)C(O)C(O)C1OC(=O)CCCCC/C=C\CCCCCCCC)C(O)/C=C/CCCCCCCCCCC. The summed E-state index contributed by atoms with van der Waals surface area (Å²) in [5.74, 6) is -1.22. The van der Waals surface area contributed by atoms with Gasteiger partial charge in [-0.05, 0) is 83.5 Å². The van der Waals surface area contributed by atoms with E-state index < -0.39 is 67.4 Å². The second-order valence-electron chi connectivity index (χ2n) is 19.7. The molecule has 6 N–H and O–H groups in total. The van der Waals surface area contributed by atoms with Crippen molar-refractivity contribution in [2.75, 3.05) is 13.2 Å². The van der Waals surface area contributed by atoms with E-state index >= 15 is 0 Å². The summed E-state index contributed by atoms with van der Waals surface area (Å²) in [5.41, 5.74) is 0. The number of ether oxygens (including phenoxy) is 3.